The van der Waals surface area contributed by atoms with E-state index in [0.29, 0.717) is 25.7 Å². The van der Waals surface area contributed by atoms with E-state index in [1.54, 1.807) is 6.08 Å². The van der Waals surface area contributed by atoms with Crippen molar-refractivity contribution in [3.8, 4) is 0 Å². The fraction of sp³-hybridized carbons (Fsp3) is 0.789. The minimum atomic E-state index is -1.38. The van der Waals surface area contributed by atoms with Crippen molar-refractivity contribution in [2.24, 2.45) is 28.6 Å². The van der Waals surface area contributed by atoms with Crippen molar-refractivity contribution in [2.75, 3.05) is 0 Å². The monoisotopic (exact) mass is 322 g/mol. The number of hydrogen-bond acceptors (Lipinski definition) is 3. The highest BCUT2D eigenvalue weighted by molar-refractivity contribution is 5.30. The summed E-state index contributed by atoms with van der Waals surface area (Å²) in [5.74, 6) is -0.320. The molecule has 3 N–H and O–H groups in total. The maximum Gasteiger partial charge on any atom is 0.126 e. The molecule has 0 saturated heterocycles. The largest absolute Gasteiger partial charge is 0.390 e. The lowest BCUT2D eigenvalue weighted by Gasteiger charge is -2.59. The standard InChI is InChI=1S/C19H27FO3/c1-17-7-8-19(20)13(14(17)10-15(22)16(17)23)4-3-11-9-12(21)5-6-18(11,19)2/h3-6,11-16,21-23H,7-10H2,1-2H3/t11?,12-,13+,14+,15-,16+,17+,18+,19-/m1/s1. The average molecular weight is 322 g/mol. The molecule has 4 aliphatic carbocycles. The van der Waals surface area contributed by atoms with E-state index in [1.165, 1.54) is 0 Å². The summed E-state index contributed by atoms with van der Waals surface area (Å²) < 4.78 is 16.4. The van der Waals surface area contributed by atoms with E-state index in [4.69, 9.17) is 0 Å². The molecule has 0 amide bonds. The van der Waals surface area contributed by atoms with E-state index in [2.05, 4.69) is 6.08 Å². The second-order valence-corrected chi connectivity index (χ2v) is 8.68. The fourth-order valence-corrected chi connectivity index (χ4v) is 6.06. The third-order valence-electron chi connectivity index (χ3n) is 7.75. The average Bonchev–Trinajstić information content (AvgIpc) is 2.73. The topological polar surface area (TPSA) is 60.7 Å². The molecule has 0 spiro atoms. The Morgan fingerprint density at radius 1 is 1.00 bits per heavy atom. The van der Waals surface area contributed by atoms with Crippen LogP contribution in [0.4, 0.5) is 4.39 Å². The van der Waals surface area contributed by atoms with Crippen LogP contribution in [0.25, 0.3) is 0 Å². The molecule has 4 aliphatic rings. The Bertz CT molecular complexity index is 575. The van der Waals surface area contributed by atoms with Crippen LogP contribution in [0.15, 0.2) is 24.3 Å². The maximum absolute atomic E-state index is 16.4. The summed E-state index contributed by atoms with van der Waals surface area (Å²) in [6.45, 7) is 3.97. The number of aliphatic hydroxyl groups excluding tert-OH is 3. The van der Waals surface area contributed by atoms with Crippen molar-refractivity contribution < 1.29 is 19.7 Å². The quantitative estimate of drug-likeness (QED) is 0.600. The van der Waals surface area contributed by atoms with Crippen LogP contribution in [0.2, 0.25) is 0 Å². The highest BCUT2D eigenvalue weighted by Crippen LogP contribution is 2.66. The first-order valence-corrected chi connectivity index (χ1v) is 8.83. The van der Waals surface area contributed by atoms with Gasteiger partial charge >= 0.3 is 0 Å². The van der Waals surface area contributed by atoms with Crippen LogP contribution in [0, 0.1) is 28.6 Å². The summed E-state index contributed by atoms with van der Waals surface area (Å²) in [5.41, 5.74) is -2.41. The summed E-state index contributed by atoms with van der Waals surface area (Å²) in [7, 11) is 0. The van der Waals surface area contributed by atoms with Crippen molar-refractivity contribution in [3.05, 3.63) is 24.3 Å². The minimum Gasteiger partial charge on any atom is -0.390 e. The lowest BCUT2D eigenvalue weighted by Crippen LogP contribution is -2.61. The molecule has 9 atom stereocenters. The smallest absolute Gasteiger partial charge is 0.126 e. The Balaban J connectivity index is 1.78. The van der Waals surface area contributed by atoms with E-state index < -0.39 is 34.8 Å². The van der Waals surface area contributed by atoms with E-state index in [0.717, 1.165) is 0 Å². The van der Waals surface area contributed by atoms with Crippen molar-refractivity contribution in [3.63, 3.8) is 0 Å². The number of fused-ring (bicyclic) bond motifs is 5. The normalized spacial score (nSPS) is 61.0. The van der Waals surface area contributed by atoms with Crippen LogP contribution in [0.1, 0.15) is 39.5 Å². The molecule has 1 unspecified atom stereocenters. The molecular formula is C19H27FO3. The van der Waals surface area contributed by atoms with Crippen LogP contribution in [0.5, 0.6) is 0 Å². The zero-order chi connectivity index (χ0) is 16.6. The summed E-state index contributed by atoms with van der Waals surface area (Å²) in [4.78, 5) is 0. The summed E-state index contributed by atoms with van der Waals surface area (Å²) in [5, 5.41) is 30.5. The summed E-state index contributed by atoms with van der Waals surface area (Å²) in [6.07, 6.45) is 7.66. The van der Waals surface area contributed by atoms with Crippen molar-refractivity contribution >= 4 is 0 Å². The number of alkyl halides is 1. The highest BCUT2D eigenvalue weighted by Gasteiger charge is 2.67. The molecule has 0 aromatic heterocycles. The molecule has 23 heavy (non-hydrogen) atoms. The number of rotatable bonds is 0. The second kappa shape index (κ2) is 4.68. The summed E-state index contributed by atoms with van der Waals surface area (Å²) in [6, 6.07) is 0. The van der Waals surface area contributed by atoms with Crippen LogP contribution in [-0.4, -0.2) is 39.3 Å². The van der Waals surface area contributed by atoms with Gasteiger partial charge in [0.25, 0.3) is 0 Å². The molecule has 128 valence electrons. The number of aliphatic hydroxyl groups is 3. The van der Waals surface area contributed by atoms with Crippen molar-refractivity contribution in [2.45, 2.75) is 63.5 Å². The van der Waals surface area contributed by atoms with Gasteiger partial charge < -0.3 is 15.3 Å². The van der Waals surface area contributed by atoms with Gasteiger partial charge in [0.15, 0.2) is 0 Å². The van der Waals surface area contributed by atoms with Gasteiger partial charge in [0.2, 0.25) is 0 Å². The number of halogens is 1. The first-order chi connectivity index (χ1) is 10.7. The van der Waals surface area contributed by atoms with Gasteiger partial charge in [-0.1, -0.05) is 38.2 Å². The van der Waals surface area contributed by atoms with Gasteiger partial charge in [-0.15, -0.1) is 0 Å². The molecule has 0 radical (unpaired) electrons. The molecule has 0 aliphatic heterocycles. The van der Waals surface area contributed by atoms with Crippen molar-refractivity contribution in [1.29, 1.82) is 0 Å². The number of allylic oxidation sites excluding steroid dienone is 3. The molecule has 0 aromatic carbocycles. The Morgan fingerprint density at radius 2 is 1.74 bits per heavy atom. The van der Waals surface area contributed by atoms with Crippen LogP contribution < -0.4 is 0 Å². The first-order valence-electron chi connectivity index (χ1n) is 8.83. The third kappa shape index (κ3) is 1.80. The van der Waals surface area contributed by atoms with E-state index in [-0.39, 0.29) is 17.8 Å². The Hall–Kier alpha value is -0.710. The Kier molecular flexibility index (Phi) is 3.21. The van der Waals surface area contributed by atoms with Gasteiger partial charge in [0, 0.05) is 11.3 Å². The van der Waals surface area contributed by atoms with Crippen LogP contribution >= 0.6 is 0 Å². The summed E-state index contributed by atoms with van der Waals surface area (Å²) >= 11 is 0. The lowest BCUT2D eigenvalue weighted by molar-refractivity contribution is -0.138. The fourth-order valence-electron chi connectivity index (χ4n) is 6.06. The highest BCUT2D eigenvalue weighted by atomic mass is 19.1. The Morgan fingerprint density at radius 3 is 2.48 bits per heavy atom. The van der Waals surface area contributed by atoms with Gasteiger partial charge in [-0.05, 0) is 42.9 Å². The zero-order valence-corrected chi connectivity index (χ0v) is 13.8. The van der Waals surface area contributed by atoms with E-state index >= 15 is 4.39 Å². The number of hydrogen-bond donors (Lipinski definition) is 3. The van der Waals surface area contributed by atoms with Gasteiger partial charge in [-0.25, -0.2) is 4.39 Å². The molecule has 2 saturated carbocycles. The van der Waals surface area contributed by atoms with Crippen LogP contribution in [-0.2, 0) is 0 Å². The van der Waals surface area contributed by atoms with Gasteiger partial charge in [0.05, 0.1) is 18.3 Å². The van der Waals surface area contributed by atoms with Gasteiger partial charge in [-0.2, -0.15) is 0 Å². The molecule has 0 aromatic rings. The third-order valence-corrected chi connectivity index (χ3v) is 7.75. The zero-order valence-electron chi connectivity index (χ0n) is 13.8. The minimum absolute atomic E-state index is 0.00403. The van der Waals surface area contributed by atoms with Crippen molar-refractivity contribution in [1.82, 2.24) is 0 Å². The molecule has 4 heteroatoms. The molecule has 4 rings (SSSR count). The van der Waals surface area contributed by atoms with Crippen LogP contribution in [0.3, 0.4) is 0 Å². The molecule has 2 fully saturated rings. The first kappa shape index (κ1) is 15.8. The van der Waals surface area contributed by atoms with Gasteiger partial charge in [0.1, 0.15) is 5.67 Å². The predicted molar refractivity (Wildman–Crippen MR) is 85.3 cm³/mol. The molecule has 0 bridgehead atoms. The molecular weight excluding hydrogens is 295 g/mol. The lowest BCUT2D eigenvalue weighted by atomic mass is 9.47. The maximum atomic E-state index is 16.4. The van der Waals surface area contributed by atoms with E-state index in [1.807, 2.05) is 26.0 Å². The van der Waals surface area contributed by atoms with Gasteiger partial charge in [-0.3, -0.25) is 0 Å². The molecule has 3 nitrogen and oxygen atoms in total. The Labute approximate surface area is 136 Å². The predicted octanol–water partition coefficient (Wildman–Crippen LogP) is 2.37. The molecule has 0 heterocycles. The second-order valence-electron chi connectivity index (χ2n) is 8.68. The SMILES string of the molecule is C[C@]12CC[C@@]3(F)[C@@H](C=CC4C[C@H](O)C=C[C@@]43C)[C@@H]1C[C@@H](O)[C@@H]2O. The van der Waals surface area contributed by atoms with E-state index in [9.17, 15) is 15.3 Å².